The van der Waals surface area contributed by atoms with Crippen LogP contribution in [-0.4, -0.2) is 30.8 Å². The molecule has 1 fully saturated rings. The second-order valence-electron chi connectivity index (χ2n) is 4.06. The molecule has 7 heteroatoms. The molecule has 0 bridgehead atoms. The second kappa shape index (κ2) is 3.81. The first-order chi connectivity index (χ1) is 7.38. The molecule has 2 rings (SSSR count). The molecule has 0 aromatic carbocycles. The van der Waals surface area contributed by atoms with Crippen LogP contribution in [0.2, 0.25) is 0 Å². The third kappa shape index (κ3) is 2.10. The summed E-state index contributed by atoms with van der Waals surface area (Å²) in [6, 6.07) is 0. The molecule has 5 nitrogen and oxygen atoms in total. The van der Waals surface area contributed by atoms with Crippen LogP contribution in [0.5, 0.6) is 0 Å². The molecule has 0 unspecified atom stereocenters. The zero-order valence-corrected chi connectivity index (χ0v) is 10.3. The van der Waals surface area contributed by atoms with Crippen LogP contribution < -0.4 is 5.73 Å². The van der Waals surface area contributed by atoms with Gasteiger partial charge in [0.05, 0.1) is 10.9 Å². The van der Waals surface area contributed by atoms with Crippen molar-refractivity contribution in [2.75, 3.05) is 6.26 Å². The maximum atomic E-state index is 11.2. The summed E-state index contributed by atoms with van der Waals surface area (Å²) in [5, 5.41) is 1.82. The van der Waals surface area contributed by atoms with Gasteiger partial charge in [0.2, 0.25) is 0 Å². The Labute approximate surface area is 97.6 Å². The van der Waals surface area contributed by atoms with Crippen molar-refractivity contribution in [3.8, 4) is 0 Å². The maximum Gasteiger partial charge on any atom is 0.277 e. The predicted molar refractivity (Wildman–Crippen MR) is 61.2 cm³/mol. The van der Waals surface area contributed by atoms with Crippen LogP contribution in [-0.2, 0) is 9.84 Å². The number of hydrogen-bond donors (Lipinski definition) is 1. The third-order valence-electron chi connectivity index (χ3n) is 2.85. The first-order valence-corrected chi connectivity index (χ1v) is 7.65. The van der Waals surface area contributed by atoms with Crippen LogP contribution in [0, 0.1) is 0 Å². The van der Waals surface area contributed by atoms with Crippen molar-refractivity contribution in [3.63, 3.8) is 0 Å². The van der Waals surface area contributed by atoms with Gasteiger partial charge in [0.1, 0.15) is 9.84 Å². The van der Waals surface area contributed by atoms with Crippen LogP contribution >= 0.6 is 11.3 Å². The molecule has 0 aliphatic heterocycles. The lowest BCUT2D eigenvalue weighted by atomic mass is 9.83. The van der Waals surface area contributed by atoms with Gasteiger partial charge in [0, 0.05) is 17.6 Å². The van der Waals surface area contributed by atoms with Gasteiger partial charge in [-0.1, -0.05) is 0 Å². The second-order valence-corrected chi connectivity index (χ2v) is 7.25. The number of nitrogens with zero attached hydrogens (tertiary/aromatic N) is 1. The molecule has 1 amide bonds. The minimum absolute atomic E-state index is 0.157. The lowest BCUT2D eigenvalue weighted by Gasteiger charge is -2.32. The van der Waals surface area contributed by atoms with Gasteiger partial charge < -0.3 is 5.73 Å². The average Bonchev–Trinajstić information content (AvgIpc) is 2.46. The molecular formula is C9H12N2O3S2. The van der Waals surface area contributed by atoms with E-state index in [1.54, 1.807) is 5.38 Å². The molecule has 16 heavy (non-hydrogen) atoms. The first kappa shape index (κ1) is 11.5. The summed E-state index contributed by atoms with van der Waals surface area (Å²) in [5.41, 5.74) is 5.89. The molecule has 2 N–H and O–H groups in total. The van der Waals surface area contributed by atoms with E-state index < -0.39 is 15.7 Å². The number of rotatable bonds is 3. The van der Waals surface area contributed by atoms with Crippen LogP contribution in [0.1, 0.15) is 34.3 Å². The summed E-state index contributed by atoms with van der Waals surface area (Å²) in [7, 11) is -2.93. The Bertz CT molecular complexity index is 515. The van der Waals surface area contributed by atoms with Crippen LogP contribution in [0.25, 0.3) is 0 Å². The summed E-state index contributed by atoms with van der Waals surface area (Å²) in [6.07, 6.45) is 2.45. The van der Waals surface area contributed by atoms with E-state index in [0.29, 0.717) is 12.8 Å². The van der Waals surface area contributed by atoms with Gasteiger partial charge in [-0.05, 0) is 12.8 Å². The van der Waals surface area contributed by atoms with Crippen molar-refractivity contribution in [1.82, 2.24) is 4.98 Å². The SMILES string of the molecule is CS(=O)(=O)C1CC(c2csc(C(N)=O)n2)C1. The van der Waals surface area contributed by atoms with Crippen molar-refractivity contribution < 1.29 is 13.2 Å². The zero-order chi connectivity index (χ0) is 11.9. The van der Waals surface area contributed by atoms with E-state index in [-0.39, 0.29) is 16.2 Å². The number of aromatic nitrogens is 1. The average molecular weight is 260 g/mol. The molecule has 1 aromatic heterocycles. The number of carbonyl (C=O) groups is 1. The normalized spacial score (nSPS) is 25.1. The van der Waals surface area contributed by atoms with E-state index in [9.17, 15) is 13.2 Å². The van der Waals surface area contributed by atoms with Crippen molar-refractivity contribution in [1.29, 1.82) is 0 Å². The van der Waals surface area contributed by atoms with E-state index in [4.69, 9.17) is 5.73 Å². The Morgan fingerprint density at radius 2 is 2.19 bits per heavy atom. The number of amides is 1. The smallest absolute Gasteiger partial charge is 0.277 e. The standard InChI is InChI=1S/C9H12N2O3S2/c1-16(13,14)6-2-5(3-6)7-4-15-9(11-7)8(10)12/h4-6H,2-3H2,1H3,(H2,10,12). The molecule has 88 valence electrons. The number of nitrogens with two attached hydrogens (primary N) is 1. The molecule has 1 saturated carbocycles. The van der Waals surface area contributed by atoms with Gasteiger partial charge in [-0.15, -0.1) is 11.3 Å². The van der Waals surface area contributed by atoms with Gasteiger partial charge >= 0.3 is 0 Å². The van der Waals surface area contributed by atoms with E-state index in [1.165, 1.54) is 17.6 Å². The first-order valence-electron chi connectivity index (χ1n) is 4.82. The molecule has 0 saturated heterocycles. The fraction of sp³-hybridized carbons (Fsp3) is 0.556. The van der Waals surface area contributed by atoms with Crippen molar-refractivity contribution in [2.24, 2.45) is 5.73 Å². The van der Waals surface area contributed by atoms with Crippen LogP contribution in [0.3, 0.4) is 0 Å². The number of thiazole rings is 1. The summed E-state index contributed by atoms with van der Waals surface area (Å²) in [6.45, 7) is 0. The number of primary amides is 1. The number of sulfone groups is 1. The highest BCUT2D eigenvalue weighted by Crippen LogP contribution is 2.40. The minimum Gasteiger partial charge on any atom is -0.364 e. The number of carbonyl (C=O) groups excluding carboxylic acids is 1. The van der Waals surface area contributed by atoms with Crippen molar-refractivity contribution >= 4 is 27.1 Å². The summed E-state index contributed by atoms with van der Waals surface area (Å²) in [4.78, 5) is 14.9. The highest BCUT2D eigenvalue weighted by molar-refractivity contribution is 7.91. The number of hydrogen-bond acceptors (Lipinski definition) is 5. The summed E-state index contributed by atoms with van der Waals surface area (Å²) in [5.74, 6) is -0.376. The molecule has 1 aliphatic carbocycles. The molecule has 0 spiro atoms. The van der Waals surface area contributed by atoms with E-state index in [1.807, 2.05) is 0 Å². The van der Waals surface area contributed by atoms with Gasteiger partial charge in [0.25, 0.3) is 5.91 Å². The zero-order valence-electron chi connectivity index (χ0n) is 8.71. The largest absolute Gasteiger partial charge is 0.364 e. The van der Waals surface area contributed by atoms with Crippen molar-refractivity contribution in [3.05, 3.63) is 16.1 Å². The molecule has 1 heterocycles. The van der Waals surface area contributed by atoms with Crippen LogP contribution in [0.4, 0.5) is 0 Å². The van der Waals surface area contributed by atoms with Gasteiger partial charge in [0.15, 0.2) is 5.01 Å². The molecule has 0 atom stereocenters. The fourth-order valence-corrected chi connectivity index (χ4v) is 3.66. The Hall–Kier alpha value is -0.950. The summed E-state index contributed by atoms with van der Waals surface area (Å²) < 4.78 is 22.4. The predicted octanol–water partition coefficient (Wildman–Crippen LogP) is 0.533. The van der Waals surface area contributed by atoms with Gasteiger partial charge in [-0.3, -0.25) is 4.79 Å². The lowest BCUT2D eigenvalue weighted by Crippen LogP contribution is -2.34. The Morgan fingerprint density at radius 3 is 2.62 bits per heavy atom. The maximum absolute atomic E-state index is 11.2. The Morgan fingerprint density at radius 1 is 1.56 bits per heavy atom. The molecular weight excluding hydrogens is 248 g/mol. The molecule has 1 aliphatic rings. The molecule has 0 radical (unpaired) electrons. The summed E-state index contributed by atoms with van der Waals surface area (Å²) >= 11 is 1.21. The van der Waals surface area contributed by atoms with E-state index in [0.717, 1.165) is 5.69 Å². The van der Waals surface area contributed by atoms with E-state index in [2.05, 4.69) is 4.98 Å². The topological polar surface area (TPSA) is 90.1 Å². The lowest BCUT2D eigenvalue weighted by molar-refractivity contribution is 0.0999. The van der Waals surface area contributed by atoms with Gasteiger partial charge in [-0.2, -0.15) is 0 Å². The van der Waals surface area contributed by atoms with Crippen molar-refractivity contribution in [2.45, 2.75) is 24.0 Å². The van der Waals surface area contributed by atoms with Crippen LogP contribution in [0.15, 0.2) is 5.38 Å². The van der Waals surface area contributed by atoms with E-state index >= 15 is 0 Å². The quantitative estimate of drug-likeness (QED) is 0.858. The highest BCUT2D eigenvalue weighted by Gasteiger charge is 2.38. The van der Waals surface area contributed by atoms with Gasteiger partial charge in [-0.25, -0.2) is 13.4 Å². The molecule has 1 aromatic rings. The minimum atomic E-state index is -2.93. The highest BCUT2D eigenvalue weighted by atomic mass is 32.2. The Balaban J connectivity index is 2.04. The fourth-order valence-electron chi connectivity index (χ4n) is 1.74. The third-order valence-corrected chi connectivity index (χ3v) is 5.32. The monoisotopic (exact) mass is 260 g/mol. The Kier molecular flexibility index (Phi) is 2.75.